The van der Waals surface area contributed by atoms with Crippen LogP contribution in [0.2, 0.25) is 0 Å². The standard InChI is InChI=1S/C27H33FN2O4/c1-33-26(32)29-25-12-6-11-24(25)27(34-19-31,22-9-5-10-23(28)17-22)21-13-15-30(16-14-21)18-20-7-3-2-4-8-20/h2-5,7-10,17,19,21,24-25H,6,11-16,18H2,1H3,(H,29,32)/t24-,25-,27+/m0/s1. The Morgan fingerprint density at radius 3 is 2.56 bits per heavy atom. The molecule has 1 N–H and O–H groups in total. The first-order chi connectivity index (χ1) is 16.6. The molecule has 2 aromatic carbocycles. The molecular formula is C27H33FN2O4. The SMILES string of the molecule is COC(=O)N[C@H]1CCC[C@@H]1[C@](OC=O)(c1cccc(F)c1)C1CCN(Cc2ccccc2)CC1. The quantitative estimate of drug-likeness (QED) is 0.572. The van der Waals surface area contributed by atoms with Crippen molar-refractivity contribution in [1.29, 1.82) is 0 Å². The summed E-state index contributed by atoms with van der Waals surface area (Å²) < 4.78 is 25.3. The number of likely N-dealkylation sites (tertiary alicyclic amines) is 1. The number of benzene rings is 2. The molecule has 1 saturated heterocycles. The maximum Gasteiger partial charge on any atom is 0.407 e. The lowest BCUT2D eigenvalue weighted by atomic mass is 9.66. The van der Waals surface area contributed by atoms with E-state index in [2.05, 4.69) is 22.3 Å². The maximum absolute atomic E-state index is 14.4. The Bertz CT molecular complexity index is 964. The van der Waals surface area contributed by atoms with Crippen LogP contribution < -0.4 is 5.32 Å². The van der Waals surface area contributed by atoms with Crippen LogP contribution in [0.3, 0.4) is 0 Å². The molecule has 34 heavy (non-hydrogen) atoms. The highest BCUT2D eigenvalue weighted by Gasteiger charge is 2.54. The molecule has 7 heteroatoms. The van der Waals surface area contributed by atoms with Gasteiger partial charge >= 0.3 is 6.09 Å². The van der Waals surface area contributed by atoms with Gasteiger partial charge in [-0.1, -0.05) is 48.9 Å². The van der Waals surface area contributed by atoms with Crippen LogP contribution in [-0.2, 0) is 26.4 Å². The highest BCUT2D eigenvalue weighted by molar-refractivity contribution is 5.67. The van der Waals surface area contributed by atoms with Gasteiger partial charge in [-0.05, 0) is 62.0 Å². The molecule has 4 rings (SSSR count). The van der Waals surface area contributed by atoms with Crippen LogP contribution in [0.15, 0.2) is 54.6 Å². The van der Waals surface area contributed by atoms with Crippen LogP contribution in [0.1, 0.15) is 43.2 Å². The lowest BCUT2D eigenvalue weighted by Gasteiger charge is -2.48. The van der Waals surface area contributed by atoms with Gasteiger partial charge in [0.1, 0.15) is 11.4 Å². The number of carbonyl (C=O) groups is 2. The van der Waals surface area contributed by atoms with E-state index in [1.165, 1.54) is 24.8 Å². The Labute approximate surface area is 200 Å². The van der Waals surface area contributed by atoms with Crippen molar-refractivity contribution in [2.75, 3.05) is 20.2 Å². The summed E-state index contributed by atoms with van der Waals surface area (Å²) >= 11 is 0. The van der Waals surface area contributed by atoms with Crippen molar-refractivity contribution in [2.24, 2.45) is 11.8 Å². The van der Waals surface area contributed by atoms with E-state index in [-0.39, 0.29) is 23.7 Å². The highest BCUT2D eigenvalue weighted by Crippen LogP contribution is 2.51. The van der Waals surface area contributed by atoms with Crippen molar-refractivity contribution < 1.29 is 23.5 Å². The van der Waals surface area contributed by atoms with Gasteiger partial charge in [-0.3, -0.25) is 9.69 Å². The topological polar surface area (TPSA) is 67.9 Å². The lowest BCUT2D eigenvalue weighted by molar-refractivity contribution is -0.168. The minimum absolute atomic E-state index is 0.00318. The van der Waals surface area contributed by atoms with E-state index in [4.69, 9.17) is 9.47 Å². The maximum atomic E-state index is 14.4. The molecule has 0 spiro atoms. The monoisotopic (exact) mass is 468 g/mol. The fourth-order valence-corrected chi connectivity index (χ4v) is 6.03. The van der Waals surface area contributed by atoms with E-state index in [1.807, 2.05) is 24.3 Å². The zero-order valence-corrected chi connectivity index (χ0v) is 19.6. The zero-order chi connectivity index (χ0) is 24.0. The van der Waals surface area contributed by atoms with Gasteiger partial charge in [0.05, 0.1) is 7.11 Å². The minimum Gasteiger partial charge on any atom is -0.456 e. The molecule has 1 saturated carbocycles. The van der Waals surface area contributed by atoms with Crippen molar-refractivity contribution in [3.63, 3.8) is 0 Å². The van der Waals surface area contributed by atoms with Crippen LogP contribution in [-0.4, -0.2) is 43.7 Å². The number of ether oxygens (including phenoxy) is 2. The van der Waals surface area contributed by atoms with E-state index >= 15 is 0 Å². The smallest absolute Gasteiger partial charge is 0.407 e. The van der Waals surface area contributed by atoms with Crippen molar-refractivity contribution in [3.8, 4) is 0 Å². The summed E-state index contributed by atoms with van der Waals surface area (Å²) in [4.78, 5) is 26.4. The molecule has 2 fully saturated rings. The van der Waals surface area contributed by atoms with Crippen molar-refractivity contribution >= 4 is 12.6 Å². The summed E-state index contributed by atoms with van der Waals surface area (Å²) in [5, 5.41) is 2.95. The van der Waals surface area contributed by atoms with Gasteiger partial charge < -0.3 is 14.8 Å². The number of rotatable bonds is 8. The van der Waals surface area contributed by atoms with Gasteiger partial charge in [-0.25, -0.2) is 9.18 Å². The predicted molar refractivity (Wildman–Crippen MR) is 126 cm³/mol. The average molecular weight is 469 g/mol. The lowest BCUT2D eigenvalue weighted by Crippen LogP contribution is -2.54. The first kappa shape index (κ1) is 24.2. The normalized spacial score (nSPS) is 23.1. The second-order valence-corrected chi connectivity index (χ2v) is 9.33. The molecule has 182 valence electrons. The number of nitrogens with zero attached hydrogens (tertiary/aromatic N) is 1. The molecule has 6 nitrogen and oxygen atoms in total. The first-order valence-electron chi connectivity index (χ1n) is 12.0. The molecule has 0 radical (unpaired) electrons. The van der Waals surface area contributed by atoms with Crippen LogP contribution >= 0.6 is 0 Å². The number of methoxy groups -OCH3 is 1. The van der Waals surface area contributed by atoms with Crippen LogP contribution in [0.4, 0.5) is 9.18 Å². The molecule has 1 amide bonds. The number of alkyl carbamates (subject to hydrolysis) is 1. The average Bonchev–Trinajstić information content (AvgIpc) is 3.32. The third kappa shape index (κ3) is 5.09. The summed E-state index contributed by atoms with van der Waals surface area (Å²) in [5.41, 5.74) is 0.898. The number of amides is 1. The van der Waals surface area contributed by atoms with Crippen molar-refractivity contribution in [3.05, 3.63) is 71.5 Å². The van der Waals surface area contributed by atoms with Crippen molar-refractivity contribution in [1.82, 2.24) is 10.2 Å². The summed E-state index contributed by atoms with van der Waals surface area (Å²) in [6.45, 7) is 3.06. The summed E-state index contributed by atoms with van der Waals surface area (Å²) in [6.07, 6.45) is 3.51. The summed E-state index contributed by atoms with van der Waals surface area (Å²) in [5.74, 6) is -0.547. The highest BCUT2D eigenvalue weighted by atomic mass is 19.1. The molecule has 0 bridgehead atoms. The second-order valence-electron chi connectivity index (χ2n) is 9.33. The minimum atomic E-state index is -1.02. The van der Waals surface area contributed by atoms with Crippen molar-refractivity contribution in [2.45, 2.75) is 50.3 Å². The predicted octanol–water partition coefficient (Wildman–Crippen LogP) is 4.63. The Morgan fingerprint density at radius 2 is 1.88 bits per heavy atom. The molecule has 2 aromatic rings. The van der Waals surface area contributed by atoms with E-state index in [1.54, 1.807) is 6.07 Å². The number of halogens is 1. The van der Waals surface area contributed by atoms with Crippen LogP contribution in [0, 0.1) is 17.7 Å². The van der Waals surface area contributed by atoms with E-state index in [0.717, 1.165) is 51.7 Å². The van der Waals surface area contributed by atoms with Gasteiger partial charge in [0.25, 0.3) is 6.47 Å². The van der Waals surface area contributed by atoms with E-state index in [9.17, 15) is 14.0 Å². The first-order valence-corrected chi connectivity index (χ1v) is 12.0. The molecular weight excluding hydrogens is 435 g/mol. The summed E-state index contributed by atoms with van der Waals surface area (Å²) in [7, 11) is 1.34. The Kier molecular flexibility index (Phi) is 7.83. The zero-order valence-electron chi connectivity index (χ0n) is 19.6. The van der Waals surface area contributed by atoms with E-state index < -0.39 is 11.7 Å². The third-order valence-corrected chi connectivity index (χ3v) is 7.52. The Balaban J connectivity index is 1.64. The number of carbonyl (C=O) groups excluding carboxylic acids is 2. The van der Waals surface area contributed by atoms with Crippen LogP contribution in [0.5, 0.6) is 0 Å². The third-order valence-electron chi connectivity index (χ3n) is 7.52. The molecule has 0 aromatic heterocycles. The van der Waals surface area contributed by atoms with Gasteiger partial charge in [0.15, 0.2) is 0 Å². The van der Waals surface area contributed by atoms with E-state index in [0.29, 0.717) is 12.0 Å². The fourth-order valence-electron chi connectivity index (χ4n) is 6.03. The fraction of sp³-hybridized carbons (Fsp3) is 0.481. The molecule has 2 aliphatic rings. The Morgan fingerprint density at radius 1 is 1.12 bits per heavy atom. The van der Waals surface area contributed by atoms with Gasteiger partial charge in [0, 0.05) is 24.4 Å². The largest absolute Gasteiger partial charge is 0.456 e. The van der Waals surface area contributed by atoms with Gasteiger partial charge in [-0.2, -0.15) is 0 Å². The molecule has 0 unspecified atom stereocenters. The molecule has 1 aliphatic carbocycles. The Hall–Kier alpha value is -2.93. The van der Waals surface area contributed by atoms with Gasteiger partial charge in [-0.15, -0.1) is 0 Å². The molecule has 1 heterocycles. The number of nitrogens with one attached hydrogen (secondary N) is 1. The number of piperidine rings is 1. The second kappa shape index (κ2) is 11.0. The van der Waals surface area contributed by atoms with Crippen LogP contribution in [0.25, 0.3) is 0 Å². The summed E-state index contributed by atoms with van der Waals surface area (Å²) in [6, 6.07) is 16.5. The molecule has 3 atom stereocenters. The van der Waals surface area contributed by atoms with Gasteiger partial charge in [0.2, 0.25) is 0 Å². The number of hydrogen-bond acceptors (Lipinski definition) is 5. The molecule has 1 aliphatic heterocycles. The number of hydrogen-bond donors (Lipinski definition) is 1.